The molecule has 2 aromatic rings. The number of H-pyrrole nitrogens is 1. The van der Waals surface area contributed by atoms with Crippen LogP contribution in [0.3, 0.4) is 0 Å². The number of phenolic OH excluding ortho intramolecular Hbond substituents is 1. The lowest BCUT2D eigenvalue weighted by atomic mass is 9.69. The summed E-state index contributed by atoms with van der Waals surface area (Å²) in [5.41, 5.74) is 0.134. The number of allylic oxidation sites excluding steroid dienone is 4. The third-order valence-electron chi connectivity index (χ3n) is 12.1. The summed E-state index contributed by atoms with van der Waals surface area (Å²) in [4.78, 5) is 36.5. The third-order valence-corrected chi connectivity index (χ3v) is 12.1. The zero-order chi connectivity index (χ0) is 40.8. The predicted molar refractivity (Wildman–Crippen MR) is 214 cm³/mol. The van der Waals surface area contributed by atoms with Gasteiger partial charge in [-0.1, -0.05) is 57.5 Å². The number of aliphatic imine (C=N–C) groups is 1. The predicted octanol–water partition coefficient (Wildman–Crippen LogP) is 4.35. The first-order valence-corrected chi connectivity index (χ1v) is 20.0. The average Bonchev–Trinajstić information content (AvgIpc) is 3.54. The van der Waals surface area contributed by atoms with Crippen LogP contribution in [0.15, 0.2) is 58.1 Å². The minimum Gasteiger partial charge on any atom is -0.508 e. The largest absolute Gasteiger partial charge is 0.508 e. The first-order valence-electron chi connectivity index (χ1n) is 20.0. The van der Waals surface area contributed by atoms with E-state index in [1.807, 2.05) is 13.0 Å². The lowest BCUT2D eigenvalue weighted by Gasteiger charge is -2.50. The number of rotatable bonds is 9. The van der Waals surface area contributed by atoms with Crippen LogP contribution in [0.2, 0.25) is 0 Å². The van der Waals surface area contributed by atoms with Gasteiger partial charge in [-0.3, -0.25) is 14.6 Å². The highest BCUT2D eigenvalue weighted by atomic mass is 16.7. The highest BCUT2D eigenvalue weighted by molar-refractivity contribution is 6.48. The molecule has 3 aliphatic heterocycles. The van der Waals surface area contributed by atoms with Crippen LogP contribution in [0.1, 0.15) is 79.0 Å². The van der Waals surface area contributed by atoms with Gasteiger partial charge in [0.25, 0.3) is 0 Å². The maximum absolute atomic E-state index is 15.0. The fourth-order valence-electron chi connectivity index (χ4n) is 8.68. The second kappa shape index (κ2) is 16.1. The number of benzene rings is 1. The fraction of sp³-hybridized carbons (Fsp3) is 0.533. The van der Waals surface area contributed by atoms with E-state index in [1.165, 1.54) is 6.08 Å². The molecule has 5 aliphatic rings. The SMILES string of the molecule is CC/C=C1\C2=C(C)C(=O)C[C@@]1(O)C#C/C=C\C#C[C@@H]2OC1OC(C)C(C)(C(=O)C2=NCCc3c2[nH]c2ccc(O)cc32)C(O)C1OC1CC(C)C(NC(C)C)CO1. The number of ether oxygens (including phenoxy) is 4. The number of nitrogens with one attached hydrogen (secondary N) is 2. The zero-order valence-corrected chi connectivity index (χ0v) is 33.6. The number of carbonyl (C=O) groups excluding carboxylic acids is 2. The van der Waals surface area contributed by atoms with Crippen molar-refractivity contribution in [1.29, 1.82) is 0 Å². The molecule has 10 atom stereocenters. The Morgan fingerprint density at radius 3 is 2.72 bits per heavy atom. The van der Waals surface area contributed by atoms with Crippen molar-refractivity contribution in [3.8, 4) is 29.4 Å². The number of hydrogen-bond donors (Lipinski definition) is 5. The summed E-state index contributed by atoms with van der Waals surface area (Å²) in [7, 11) is 0. The van der Waals surface area contributed by atoms with E-state index in [9.17, 15) is 24.9 Å². The van der Waals surface area contributed by atoms with Crippen molar-refractivity contribution in [2.24, 2.45) is 16.3 Å². The van der Waals surface area contributed by atoms with Gasteiger partial charge < -0.3 is 44.6 Å². The van der Waals surface area contributed by atoms with Crippen molar-refractivity contribution >= 4 is 28.2 Å². The lowest BCUT2D eigenvalue weighted by molar-refractivity contribution is -0.339. The Hall–Kier alpha value is -4.37. The summed E-state index contributed by atoms with van der Waals surface area (Å²) < 4.78 is 26.3. The van der Waals surface area contributed by atoms with Crippen LogP contribution >= 0.6 is 0 Å². The number of ketones is 2. The second-order valence-electron chi connectivity index (χ2n) is 16.3. The highest BCUT2D eigenvalue weighted by Crippen LogP contribution is 2.45. The Morgan fingerprint density at radius 1 is 1.21 bits per heavy atom. The molecule has 0 radical (unpaired) electrons. The van der Waals surface area contributed by atoms with Crippen LogP contribution < -0.4 is 5.32 Å². The number of aromatic nitrogens is 1. The molecule has 12 heteroatoms. The van der Waals surface area contributed by atoms with Gasteiger partial charge in [0.05, 0.1) is 30.2 Å². The van der Waals surface area contributed by atoms with E-state index in [0.29, 0.717) is 54.8 Å². The molecule has 2 saturated heterocycles. The molecule has 0 amide bonds. The number of fused-ring (bicyclic) bond motifs is 5. The van der Waals surface area contributed by atoms with E-state index in [0.717, 1.165) is 16.5 Å². The van der Waals surface area contributed by atoms with Crippen molar-refractivity contribution in [2.75, 3.05) is 13.2 Å². The molecule has 2 fully saturated rings. The van der Waals surface area contributed by atoms with Crippen LogP contribution in [-0.2, 0) is 35.0 Å². The number of aliphatic hydroxyl groups is 2. The number of hydrogen-bond acceptors (Lipinski definition) is 11. The van der Waals surface area contributed by atoms with Crippen molar-refractivity contribution in [3.05, 3.63) is 64.4 Å². The number of phenols is 1. The Bertz CT molecular complexity index is 2190. The van der Waals surface area contributed by atoms with Gasteiger partial charge in [0, 0.05) is 41.5 Å². The normalized spacial score (nSPS) is 35.2. The number of aromatic amines is 1. The van der Waals surface area contributed by atoms with E-state index >= 15 is 0 Å². The second-order valence-corrected chi connectivity index (χ2v) is 16.3. The van der Waals surface area contributed by atoms with Gasteiger partial charge in [-0.05, 0) is 86.6 Å². The molecular weight excluding hydrogens is 727 g/mol. The molecule has 8 unspecified atom stereocenters. The molecule has 302 valence electrons. The van der Waals surface area contributed by atoms with Gasteiger partial charge in [-0.25, -0.2) is 0 Å². The van der Waals surface area contributed by atoms with E-state index < -0.39 is 53.8 Å². The molecule has 1 aromatic heterocycles. The molecule has 12 nitrogen and oxygen atoms in total. The van der Waals surface area contributed by atoms with Crippen LogP contribution in [0, 0.1) is 35.0 Å². The Labute approximate surface area is 333 Å². The van der Waals surface area contributed by atoms with Crippen molar-refractivity contribution < 1.29 is 43.9 Å². The summed E-state index contributed by atoms with van der Waals surface area (Å²) >= 11 is 0. The number of carbonyl (C=O) groups is 2. The number of aliphatic hydroxyl groups excluding tert-OH is 1. The molecule has 2 bridgehead atoms. The van der Waals surface area contributed by atoms with Gasteiger partial charge in [0.2, 0.25) is 0 Å². The van der Waals surface area contributed by atoms with Gasteiger partial charge in [0.1, 0.15) is 29.8 Å². The zero-order valence-electron chi connectivity index (χ0n) is 33.6. The minimum absolute atomic E-state index is 0.0867. The smallest absolute Gasteiger partial charge is 0.194 e. The van der Waals surface area contributed by atoms with Crippen LogP contribution in [0.4, 0.5) is 0 Å². The van der Waals surface area contributed by atoms with Crippen molar-refractivity contribution in [2.45, 2.75) is 129 Å². The van der Waals surface area contributed by atoms with Gasteiger partial charge in [0.15, 0.2) is 29.7 Å². The van der Waals surface area contributed by atoms with Crippen LogP contribution in [-0.4, -0.2) is 105 Å². The van der Waals surface area contributed by atoms with E-state index in [4.69, 9.17) is 23.9 Å². The number of nitrogens with zero attached hydrogens (tertiary/aromatic N) is 1. The summed E-state index contributed by atoms with van der Waals surface area (Å²) in [6, 6.07) is 5.34. The average molecular weight is 780 g/mol. The third kappa shape index (κ3) is 7.57. The molecule has 57 heavy (non-hydrogen) atoms. The monoisotopic (exact) mass is 779 g/mol. The van der Waals surface area contributed by atoms with Gasteiger partial charge in [-0.15, -0.1) is 0 Å². The molecule has 4 heterocycles. The molecule has 5 N–H and O–H groups in total. The minimum atomic E-state index is -1.78. The quantitative estimate of drug-likeness (QED) is 0.231. The maximum atomic E-state index is 15.0. The van der Waals surface area contributed by atoms with Crippen LogP contribution in [0.5, 0.6) is 5.75 Å². The molecule has 7 rings (SSSR count). The van der Waals surface area contributed by atoms with E-state index in [2.05, 4.69) is 54.8 Å². The molecule has 1 aromatic carbocycles. The van der Waals surface area contributed by atoms with Gasteiger partial charge in [-0.2, -0.15) is 0 Å². The van der Waals surface area contributed by atoms with Crippen molar-refractivity contribution in [1.82, 2.24) is 10.3 Å². The molecule has 0 saturated carbocycles. The summed E-state index contributed by atoms with van der Waals surface area (Å²) in [5.74, 6) is 11.3. The summed E-state index contributed by atoms with van der Waals surface area (Å²) in [6.45, 7) is 13.9. The highest BCUT2D eigenvalue weighted by Gasteiger charge is 2.59. The first kappa shape index (κ1) is 40.8. The van der Waals surface area contributed by atoms with Gasteiger partial charge >= 0.3 is 0 Å². The molecule has 2 aliphatic carbocycles. The lowest BCUT2D eigenvalue weighted by Crippen LogP contribution is -2.66. The van der Waals surface area contributed by atoms with E-state index in [-0.39, 0.29) is 41.7 Å². The number of aromatic hydroxyl groups is 1. The summed E-state index contributed by atoms with van der Waals surface area (Å²) in [5, 5.41) is 39.1. The fourth-order valence-corrected chi connectivity index (χ4v) is 8.68. The Kier molecular flexibility index (Phi) is 11.5. The first-order chi connectivity index (χ1) is 27.2. The standard InChI is InChI=1S/C45H53N3O9/c1-8-13-31-37-26(5)34(50)22-45(31,53)18-12-10-9-11-14-35(37)56-43-40(57-36-20-25(4)33(23-54-36)47-24(2)3)42(52)44(7,27(6)55-43)41(51)39-38-29(17-19-46-39)30-21-28(49)15-16-32(30)48-38/h9-10,13,15-16,21,24-25,27,33,35-36,40,42-43,47-49,52-53H,8,17,19-20,22-23H2,1-7H3/b10-9-,31-13+/t25?,27?,33?,35-,36?,40?,42?,43?,44?,45-/m0/s1. The molecule has 0 spiro atoms. The van der Waals surface area contributed by atoms with E-state index in [1.54, 1.807) is 45.0 Å². The Morgan fingerprint density at radius 2 is 1.98 bits per heavy atom. The van der Waals surface area contributed by atoms with Crippen molar-refractivity contribution in [3.63, 3.8) is 0 Å². The Balaban J connectivity index is 1.27. The molecular formula is C45H53N3O9. The topological polar surface area (TPSA) is 172 Å². The summed E-state index contributed by atoms with van der Waals surface area (Å²) in [6.07, 6.45) is -0.696. The maximum Gasteiger partial charge on any atom is 0.194 e. The number of Topliss-reactive ketones (excluding diaryl/α,β-unsaturated/α-hetero) is 2. The van der Waals surface area contributed by atoms with Crippen LogP contribution in [0.25, 0.3) is 10.9 Å².